The number of hydrogen-bond acceptors (Lipinski definition) is 7. The summed E-state index contributed by atoms with van der Waals surface area (Å²) in [5, 5.41) is 8.49. The summed E-state index contributed by atoms with van der Waals surface area (Å²) in [4.78, 5) is 28.6. The summed E-state index contributed by atoms with van der Waals surface area (Å²) in [5.41, 5.74) is 0.358. The maximum atomic E-state index is 12.3. The Morgan fingerprint density at radius 2 is 2.00 bits per heavy atom. The maximum absolute atomic E-state index is 12.3. The van der Waals surface area contributed by atoms with Gasteiger partial charge in [-0.25, -0.2) is 9.48 Å². The van der Waals surface area contributed by atoms with Gasteiger partial charge in [0.05, 0.1) is 5.69 Å². The Morgan fingerprint density at radius 1 is 1.30 bits per heavy atom. The highest BCUT2D eigenvalue weighted by molar-refractivity contribution is 6.30. The van der Waals surface area contributed by atoms with E-state index in [2.05, 4.69) is 15.2 Å². The van der Waals surface area contributed by atoms with Crippen LogP contribution in [0.5, 0.6) is 0 Å². The molecule has 140 valence electrons. The monoisotopic (exact) mass is 388 g/mol. The van der Waals surface area contributed by atoms with Gasteiger partial charge in [0.15, 0.2) is 12.4 Å². The van der Waals surface area contributed by atoms with Gasteiger partial charge in [-0.15, -0.1) is 0 Å². The summed E-state index contributed by atoms with van der Waals surface area (Å²) in [6.45, 7) is 5.30. The van der Waals surface area contributed by atoms with Gasteiger partial charge in [-0.1, -0.05) is 30.6 Å². The lowest BCUT2D eigenvalue weighted by atomic mass is 10.2. The second kappa shape index (κ2) is 7.71. The van der Waals surface area contributed by atoms with Crippen molar-refractivity contribution in [2.45, 2.75) is 33.3 Å². The van der Waals surface area contributed by atoms with Crippen molar-refractivity contribution in [3.05, 3.63) is 68.7 Å². The second-order valence-electron chi connectivity index (χ2n) is 6.16. The fourth-order valence-corrected chi connectivity index (χ4v) is 2.42. The van der Waals surface area contributed by atoms with Crippen molar-refractivity contribution in [1.29, 1.82) is 0 Å². The number of carbonyl (C=O) groups excluding carboxylic acids is 1. The Labute approximate surface area is 159 Å². The molecule has 0 spiro atoms. The Hall–Kier alpha value is -3.00. The molecule has 0 bridgehead atoms. The van der Waals surface area contributed by atoms with E-state index in [1.165, 1.54) is 10.7 Å². The molecule has 0 radical (unpaired) electrons. The maximum Gasteiger partial charge on any atom is 0.363 e. The highest BCUT2D eigenvalue weighted by atomic mass is 35.5. The molecule has 0 aliphatic carbocycles. The van der Waals surface area contributed by atoms with Crippen LogP contribution in [-0.2, 0) is 11.3 Å². The van der Waals surface area contributed by atoms with E-state index in [4.69, 9.17) is 20.9 Å². The van der Waals surface area contributed by atoms with E-state index in [9.17, 15) is 9.59 Å². The number of halogens is 1. The van der Waals surface area contributed by atoms with Crippen molar-refractivity contribution in [2.24, 2.45) is 0 Å². The van der Waals surface area contributed by atoms with Crippen molar-refractivity contribution < 1.29 is 14.1 Å². The molecule has 0 atom stereocenters. The van der Waals surface area contributed by atoms with Crippen LogP contribution in [0.15, 0.2) is 39.6 Å². The van der Waals surface area contributed by atoms with Crippen LogP contribution in [0, 0.1) is 6.92 Å². The van der Waals surface area contributed by atoms with Gasteiger partial charge < -0.3 is 9.26 Å². The highest BCUT2D eigenvalue weighted by Gasteiger charge is 2.19. The van der Waals surface area contributed by atoms with Gasteiger partial charge >= 0.3 is 5.97 Å². The summed E-state index contributed by atoms with van der Waals surface area (Å²) in [6, 6.07) is 8.16. The quantitative estimate of drug-likeness (QED) is 0.619. The molecule has 9 heteroatoms. The van der Waals surface area contributed by atoms with E-state index in [0.717, 1.165) is 0 Å². The molecule has 3 rings (SSSR count). The van der Waals surface area contributed by atoms with Crippen LogP contribution in [0.4, 0.5) is 0 Å². The zero-order valence-electron chi connectivity index (χ0n) is 15.0. The number of aromatic nitrogens is 4. The molecule has 0 fully saturated rings. The SMILES string of the molecule is Cc1cc(=O)c(C(=O)OCc2nc(C(C)C)no2)nn1-c1ccc(Cl)cc1. The van der Waals surface area contributed by atoms with E-state index in [1.807, 2.05) is 13.8 Å². The van der Waals surface area contributed by atoms with E-state index >= 15 is 0 Å². The summed E-state index contributed by atoms with van der Waals surface area (Å²) < 4.78 is 11.6. The number of hydrogen-bond donors (Lipinski definition) is 0. The van der Waals surface area contributed by atoms with Gasteiger partial charge in [-0.05, 0) is 31.2 Å². The van der Waals surface area contributed by atoms with Crippen molar-refractivity contribution in [2.75, 3.05) is 0 Å². The highest BCUT2D eigenvalue weighted by Crippen LogP contribution is 2.14. The lowest BCUT2D eigenvalue weighted by Gasteiger charge is -2.10. The molecule has 3 aromatic rings. The third-order valence-electron chi connectivity index (χ3n) is 3.70. The van der Waals surface area contributed by atoms with E-state index in [-0.39, 0.29) is 24.1 Å². The van der Waals surface area contributed by atoms with Crippen LogP contribution < -0.4 is 5.43 Å². The molecule has 2 heterocycles. The Bertz CT molecular complexity index is 1020. The van der Waals surface area contributed by atoms with E-state index in [0.29, 0.717) is 22.2 Å². The number of aryl methyl sites for hydroxylation is 1. The predicted octanol–water partition coefficient (Wildman–Crippen LogP) is 3.06. The van der Waals surface area contributed by atoms with Crippen LogP contribution in [-0.4, -0.2) is 25.9 Å². The van der Waals surface area contributed by atoms with Crippen molar-refractivity contribution in [3.8, 4) is 5.69 Å². The van der Waals surface area contributed by atoms with E-state index < -0.39 is 11.4 Å². The van der Waals surface area contributed by atoms with Gasteiger partial charge in [-0.2, -0.15) is 10.1 Å². The summed E-state index contributed by atoms with van der Waals surface area (Å²) in [7, 11) is 0. The molecule has 8 nitrogen and oxygen atoms in total. The molecule has 0 aliphatic rings. The summed E-state index contributed by atoms with van der Waals surface area (Å²) in [6.07, 6.45) is 0. The first-order valence-corrected chi connectivity index (χ1v) is 8.59. The number of carbonyl (C=O) groups is 1. The minimum absolute atomic E-state index is 0.0866. The molecule has 1 aromatic carbocycles. The van der Waals surface area contributed by atoms with Gasteiger partial charge in [0, 0.05) is 22.7 Å². The summed E-state index contributed by atoms with van der Waals surface area (Å²) in [5.74, 6) is -0.118. The third-order valence-corrected chi connectivity index (χ3v) is 3.95. The van der Waals surface area contributed by atoms with Crippen LogP contribution in [0.1, 0.15) is 47.7 Å². The first-order valence-electron chi connectivity index (χ1n) is 8.21. The van der Waals surface area contributed by atoms with Gasteiger partial charge in [0.25, 0.3) is 5.89 Å². The van der Waals surface area contributed by atoms with Crippen LogP contribution in [0.25, 0.3) is 5.69 Å². The Kier molecular flexibility index (Phi) is 5.36. The first-order chi connectivity index (χ1) is 12.8. The lowest BCUT2D eigenvalue weighted by molar-refractivity contribution is 0.0419. The molecule has 0 saturated heterocycles. The number of esters is 1. The first kappa shape index (κ1) is 18.8. The standard InChI is InChI=1S/C18H17ClN4O4/c1-10(2)17-20-15(27-22-17)9-26-18(25)16-14(24)8-11(3)23(21-16)13-6-4-12(19)5-7-13/h4-8,10H,9H2,1-3H3. The second-order valence-corrected chi connectivity index (χ2v) is 6.60. The molecule has 27 heavy (non-hydrogen) atoms. The fraction of sp³-hybridized carbons (Fsp3) is 0.278. The van der Waals surface area contributed by atoms with Gasteiger partial charge in [0.1, 0.15) is 0 Å². The number of nitrogens with zero attached hydrogens (tertiary/aromatic N) is 4. The molecule has 0 N–H and O–H groups in total. The summed E-state index contributed by atoms with van der Waals surface area (Å²) >= 11 is 5.89. The van der Waals surface area contributed by atoms with Crippen molar-refractivity contribution >= 4 is 17.6 Å². The third kappa shape index (κ3) is 4.22. The normalized spacial score (nSPS) is 11.0. The molecule has 0 unspecified atom stereocenters. The Balaban J connectivity index is 1.82. The van der Waals surface area contributed by atoms with Crippen molar-refractivity contribution in [3.63, 3.8) is 0 Å². The van der Waals surface area contributed by atoms with Crippen LogP contribution in [0.2, 0.25) is 5.02 Å². The topological polar surface area (TPSA) is 100 Å². The predicted molar refractivity (Wildman–Crippen MR) is 97.1 cm³/mol. The smallest absolute Gasteiger partial charge is 0.363 e. The molecular weight excluding hydrogens is 372 g/mol. The minimum Gasteiger partial charge on any atom is -0.451 e. The molecule has 2 aromatic heterocycles. The van der Waals surface area contributed by atoms with Gasteiger partial charge in [-0.3, -0.25) is 4.79 Å². The van der Waals surface area contributed by atoms with E-state index in [1.54, 1.807) is 31.2 Å². The zero-order chi connectivity index (χ0) is 19.6. The zero-order valence-corrected chi connectivity index (χ0v) is 15.7. The largest absolute Gasteiger partial charge is 0.451 e. The van der Waals surface area contributed by atoms with Crippen molar-refractivity contribution in [1.82, 2.24) is 19.9 Å². The number of ether oxygens (including phenoxy) is 1. The average Bonchev–Trinajstić information content (AvgIpc) is 3.10. The molecule has 0 amide bonds. The molecule has 0 saturated carbocycles. The number of rotatable bonds is 5. The number of benzene rings is 1. The molecular formula is C18H17ClN4O4. The van der Waals surface area contributed by atoms with Gasteiger partial charge in [0.2, 0.25) is 11.1 Å². The van der Waals surface area contributed by atoms with Crippen LogP contribution in [0.3, 0.4) is 0 Å². The minimum atomic E-state index is -0.869. The Morgan fingerprint density at radius 3 is 2.63 bits per heavy atom. The molecule has 0 aliphatic heterocycles. The lowest BCUT2D eigenvalue weighted by Crippen LogP contribution is -2.24. The van der Waals surface area contributed by atoms with Crippen LogP contribution >= 0.6 is 11.6 Å². The average molecular weight is 389 g/mol. The fourth-order valence-electron chi connectivity index (χ4n) is 2.29.